The van der Waals surface area contributed by atoms with Gasteiger partial charge in [-0.3, -0.25) is 9.36 Å². The molecule has 12 heteroatoms. The minimum absolute atomic E-state index is 0.210. The van der Waals surface area contributed by atoms with Gasteiger partial charge in [0.2, 0.25) is 10.0 Å². The van der Waals surface area contributed by atoms with Gasteiger partial charge in [-0.05, 0) is 60.2 Å². The first-order valence-corrected chi connectivity index (χ1v) is 13.4. The van der Waals surface area contributed by atoms with Gasteiger partial charge < -0.3 is 10.6 Å². The zero-order valence-electron chi connectivity index (χ0n) is 18.8. The number of nitrogens with zero attached hydrogens (tertiary/aromatic N) is 1. The number of benzene rings is 2. The Bertz CT molecular complexity index is 1520. The molecule has 0 saturated heterocycles. The third-order valence-electron chi connectivity index (χ3n) is 5.55. The van der Waals surface area contributed by atoms with Gasteiger partial charge in [0.15, 0.2) is 0 Å². The van der Waals surface area contributed by atoms with Crippen molar-refractivity contribution < 1.29 is 17.6 Å². The van der Waals surface area contributed by atoms with Crippen LogP contribution in [0.15, 0.2) is 57.8 Å². The van der Waals surface area contributed by atoms with E-state index in [1.807, 2.05) is 11.6 Å². The molecule has 0 radical (unpaired) electrons. The van der Waals surface area contributed by atoms with Crippen molar-refractivity contribution in [3.63, 3.8) is 0 Å². The van der Waals surface area contributed by atoms with E-state index < -0.39 is 32.0 Å². The summed E-state index contributed by atoms with van der Waals surface area (Å²) in [4.78, 5) is 25.5. The Labute approximate surface area is 210 Å². The summed E-state index contributed by atoms with van der Waals surface area (Å²) in [5, 5.41) is 6.14. The van der Waals surface area contributed by atoms with Crippen LogP contribution in [-0.4, -0.2) is 30.6 Å². The predicted molar refractivity (Wildman–Crippen MR) is 139 cm³/mol. The number of urea groups is 1. The zero-order chi connectivity index (χ0) is 25.3. The van der Waals surface area contributed by atoms with Crippen molar-refractivity contribution in [3.8, 4) is 5.69 Å². The molecule has 1 aromatic heterocycles. The number of allylic oxidation sites excluding steroid dienone is 1. The van der Waals surface area contributed by atoms with E-state index in [0.29, 0.717) is 38.8 Å². The molecule has 1 atom stereocenters. The average molecular weight is 537 g/mol. The highest BCUT2D eigenvalue weighted by Crippen LogP contribution is 2.37. The van der Waals surface area contributed by atoms with Crippen molar-refractivity contribution in [1.29, 1.82) is 0 Å². The quantitative estimate of drug-likeness (QED) is 0.420. The summed E-state index contributed by atoms with van der Waals surface area (Å²) in [6, 6.07) is 8.51. The Morgan fingerprint density at radius 3 is 2.66 bits per heavy atom. The fourth-order valence-corrected chi connectivity index (χ4v) is 6.71. The molecule has 35 heavy (non-hydrogen) atoms. The van der Waals surface area contributed by atoms with Crippen LogP contribution in [0.1, 0.15) is 18.9 Å². The highest BCUT2D eigenvalue weighted by molar-refractivity contribution is 8.16. The van der Waals surface area contributed by atoms with Gasteiger partial charge >= 0.3 is 6.03 Å². The maximum Gasteiger partial charge on any atom is 0.332 e. The lowest BCUT2D eigenvalue weighted by Crippen LogP contribution is -2.39. The van der Waals surface area contributed by atoms with Gasteiger partial charge in [-0.1, -0.05) is 36.4 Å². The Morgan fingerprint density at radius 1 is 1.23 bits per heavy atom. The monoisotopic (exact) mass is 536 g/mol. The number of thioether (sulfide) groups is 1. The highest BCUT2D eigenvalue weighted by Gasteiger charge is 2.31. The largest absolute Gasteiger partial charge is 0.386 e. The summed E-state index contributed by atoms with van der Waals surface area (Å²) in [5.74, 6) is -0.529. The predicted octanol–water partition coefficient (Wildman–Crippen LogP) is 4.73. The molecule has 1 aliphatic rings. The van der Waals surface area contributed by atoms with Crippen molar-refractivity contribution in [2.45, 2.75) is 24.3 Å². The van der Waals surface area contributed by atoms with Crippen molar-refractivity contribution in [2.75, 3.05) is 17.7 Å². The Kier molecular flexibility index (Phi) is 7.11. The molecule has 8 nitrogen and oxygen atoms in total. The first kappa shape index (κ1) is 25.1. The second-order valence-corrected chi connectivity index (χ2v) is 11.8. The molecule has 1 aliphatic heterocycles. The maximum absolute atomic E-state index is 14.3. The number of anilines is 2. The molecule has 2 amide bonds. The summed E-state index contributed by atoms with van der Waals surface area (Å²) in [6.45, 7) is 1.86. The number of nitrogens with one attached hydrogen (secondary N) is 3. The number of carbonyl (C=O) groups is 1. The molecule has 0 spiro atoms. The van der Waals surface area contributed by atoms with E-state index in [-0.39, 0.29) is 11.8 Å². The SMILES string of the molecule is CCc1cc(-n2ccc3cc(NC)c(F)cc3c2=O)ccc1NC(=O)NS(=O)(=O)C1CC=C(Cl)S1. The number of hydrogen-bond acceptors (Lipinski definition) is 6. The van der Waals surface area contributed by atoms with E-state index in [9.17, 15) is 22.4 Å². The van der Waals surface area contributed by atoms with Crippen molar-refractivity contribution in [3.05, 3.63) is 74.8 Å². The molecule has 3 N–H and O–H groups in total. The second kappa shape index (κ2) is 9.92. The molecule has 0 aliphatic carbocycles. The van der Waals surface area contributed by atoms with Crippen LogP contribution in [0.4, 0.5) is 20.6 Å². The second-order valence-electron chi connectivity index (χ2n) is 7.75. The number of aromatic nitrogens is 1. The number of sulfonamides is 1. The van der Waals surface area contributed by atoms with Gasteiger partial charge in [0.1, 0.15) is 10.4 Å². The minimum Gasteiger partial charge on any atom is -0.386 e. The first-order chi connectivity index (χ1) is 16.6. The lowest BCUT2D eigenvalue weighted by molar-refractivity contribution is 0.256. The number of halogens is 2. The number of amides is 2. The van der Waals surface area contributed by atoms with E-state index in [1.54, 1.807) is 49.7 Å². The van der Waals surface area contributed by atoms with Gasteiger partial charge in [0.25, 0.3) is 5.56 Å². The lowest BCUT2D eigenvalue weighted by atomic mass is 10.1. The van der Waals surface area contributed by atoms with Gasteiger partial charge in [0.05, 0.1) is 15.4 Å². The summed E-state index contributed by atoms with van der Waals surface area (Å²) < 4.78 is 42.0. The summed E-state index contributed by atoms with van der Waals surface area (Å²) in [7, 11) is -2.33. The van der Waals surface area contributed by atoms with Gasteiger partial charge in [-0.25, -0.2) is 22.3 Å². The summed E-state index contributed by atoms with van der Waals surface area (Å²) in [6.07, 6.45) is 3.89. The number of pyridine rings is 1. The number of rotatable bonds is 6. The van der Waals surface area contributed by atoms with Crippen LogP contribution in [0, 0.1) is 5.82 Å². The summed E-state index contributed by atoms with van der Waals surface area (Å²) >= 11 is 6.80. The first-order valence-electron chi connectivity index (χ1n) is 10.6. The van der Waals surface area contributed by atoms with Crippen molar-refractivity contribution in [1.82, 2.24) is 9.29 Å². The van der Waals surface area contributed by atoms with Gasteiger partial charge in [0, 0.05) is 24.6 Å². The molecule has 4 rings (SSSR count). The third-order valence-corrected chi connectivity index (χ3v) is 9.22. The van der Waals surface area contributed by atoms with E-state index in [2.05, 4.69) is 10.6 Å². The molecule has 0 saturated carbocycles. The van der Waals surface area contributed by atoms with Crippen LogP contribution in [0.25, 0.3) is 16.5 Å². The smallest absolute Gasteiger partial charge is 0.332 e. The Morgan fingerprint density at radius 2 is 2.00 bits per heavy atom. The molecule has 1 unspecified atom stereocenters. The molecule has 0 fully saturated rings. The standard InChI is InChI=1S/C23H22ClFN4O4S2/c1-3-13-10-15(29-9-8-14-11-19(26-2)17(25)12-16(14)22(29)30)4-5-18(13)27-23(31)28-35(32,33)21-7-6-20(24)34-21/h4-6,8-12,21,26H,3,7H2,1-2H3,(H2,27,28,31). The normalized spacial score (nSPS) is 15.7. The minimum atomic E-state index is -3.93. The Hall–Kier alpha value is -3.02. The van der Waals surface area contributed by atoms with E-state index >= 15 is 0 Å². The van der Waals surface area contributed by atoms with Gasteiger partial charge in [-0.15, -0.1) is 0 Å². The fourth-order valence-electron chi connectivity index (χ4n) is 3.75. The fraction of sp³-hybridized carbons (Fsp3) is 0.217. The molecule has 2 aromatic carbocycles. The molecular weight excluding hydrogens is 515 g/mol. The maximum atomic E-state index is 14.3. The number of fused-ring (bicyclic) bond motifs is 1. The van der Waals surface area contributed by atoms with Gasteiger partial charge in [-0.2, -0.15) is 0 Å². The molecule has 184 valence electrons. The number of carbonyl (C=O) groups excluding carboxylic acids is 1. The van der Waals surface area contributed by atoms with E-state index in [0.717, 1.165) is 11.8 Å². The van der Waals surface area contributed by atoms with Crippen LogP contribution in [-0.2, 0) is 16.4 Å². The van der Waals surface area contributed by atoms with Crippen LogP contribution in [0.5, 0.6) is 0 Å². The highest BCUT2D eigenvalue weighted by atomic mass is 35.5. The van der Waals surface area contributed by atoms with E-state index in [4.69, 9.17) is 11.6 Å². The molecule has 2 heterocycles. The zero-order valence-corrected chi connectivity index (χ0v) is 21.2. The number of aryl methyl sites for hydroxylation is 1. The molecule has 3 aromatic rings. The molecule has 0 bridgehead atoms. The summed E-state index contributed by atoms with van der Waals surface area (Å²) in [5.41, 5.74) is 1.51. The Balaban J connectivity index is 1.59. The lowest BCUT2D eigenvalue weighted by Gasteiger charge is -2.16. The van der Waals surface area contributed by atoms with Crippen LogP contribution < -0.4 is 20.9 Å². The van der Waals surface area contributed by atoms with Crippen molar-refractivity contribution in [2.24, 2.45) is 0 Å². The van der Waals surface area contributed by atoms with Crippen LogP contribution in [0.3, 0.4) is 0 Å². The molecular formula is C23H22ClFN4O4S2. The number of hydrogen-bond donors (Lipinski definition) is 3. The van der Waals surface area contributed by atoms with Crippen LogP contribution in [0.2, 0.25) is 0 Å². The third kappa shape index (κ3) is 5.16. The van der Waals surface area contributed by atoms with E-state index in [1.165, 1.54) is 10.6 Å². The van der Waals surface area contributed by atoms with Crippen LogP contribution >= 0.6 is 23.4 Å². The van der Waals surface area contributed by atoms with Crippen molar-refractivity contribution >= 4 is 61.6 Å². The topological polar surface area (TPSA) is 109 Å². The average Bonchev–Trinajstić information content (AvgIpc) is 3.27.